The van der Waals surface area contributed by atoms with Crippen molar-refractivity contribution in [3.8, 4) is 0 Å². The molecule has 0 aliphatic rings. The van der Waals surface area contributed by atoms with Crippen molar-refractivity contribution in [2.45, 2.75) is 50.3 Å². The van der Waals surface area contributed by atoms with Gasteiger partial charge in [0.1, 0.15) is 4.21 Å². The molecule has 0 saturated heterocycles. The number of halogens is 1. The van der Waals surface area contributed by atoms with Gasteiger partial charge < -0.3 is 5.11 Å². The van der Waals surface area contributed by atoms with Crippen LogP contribution in [0.25, 0.3) is 0 Å². The quantitative estimate of drug-likeness (QED) is 0.668. The first-order valence-corrected chi connectivity index (χ1v) is 10.3. The highest BCUT2D eigenvalue weighted by atomic mass is 79.9. The van der Waals surface area contributed by atoms with Crippen LogP contribution < -0.4 is 4.72 Å². The van der Waals surface area contributed by atoms with Crippen molar-refractivity contribution < 1.29 is 13.5 Å². The van der Waals surface area contributed by atoms with Crippen LogP contribution in [0.15, 0.2) is 20.1 Å². The van der Waals surface area contributed by atoms with Crippen molar-refractivity contribution in [2.24, 2.45) is 11.8 Å². The lowest BCUT2D eigenvalue weighted by Crippen LogP contribution is -2.43. The summed E-state index contributed by atoms with van der Waals surface area (Å²) in [7, 11) is -3.57. The Morgan fingerprint density at radius 2 is 2.05 bits per heavy atom. The number of aliphatic hydroxyl groups excluding tert-OH is 1. The summed E-state index contributed by atoms with van der Waals surface area (Å²) >= 11 is 4.44. The summed E-state index contributed by atoms with van der Waals surface area (Å²) in [5, 5.41) is 9.62. The molecular weight excluding hydrogens is 374 g/mol. The molecule has 1 aromatic rings. The van der Waals surface area contributed by atoms with Crippen LogP contribution >= 0.6 is 27.3 Å². The molecule has 0 bridgehead atoms. The summed E-state index contributed by atoms with van der Waals surface area (Å²) in [6.07, 6.45) is 2.77. The van der Waals surface area contributed by atoms with Crippen LogP contribution in [-0.2, 0) is 10.0 Å². The van der Waals surface area contributed by atoms with E-state index in [1.165, 1.54) is 11.3 Å². The Balaban J connectivity index is 2.88. The number of hydrogen-bond acceptors (Lipinski definition) is 4. The van der Waals surface area contributed by atoms with Gasteiger partial charge in [0, 0.05) is 6.04 Å². The van der Waals surface area contributed by atoms with Crippen LogP contribution in [0.5, 0.6) is 0 Å². The van der Waals surface area contributed by atoms with Gasteiger partial charge in [0.25, 0.3) is 0 Å². The van der Waals surface area contributed by atoms with E-state index in [1.807, 2.05) is 0 Å². The molecule has 0 radical (unpaired) electrons. The van der Waals surface area contributed by atoms with Crippen molar-refractivity contribution >= 4 is 37.3 Å². The molecule has 0 aliphatic carbocycles. The van der Waals surface area contributed by atoms with Gasteiger partial charge in [0.05, 0.1) is 10.4 Å². The molecule has 21 heavy (non-hydrogen) atoms. The number of nitrogens with one attached hydrogen (secondary N) is 1. The number of hydrogen-bond donors (Lipinski definition) is 2. The van der Waals surface area contributed by atoms with E-state index in [2.05, 4.69) is 41.4 Å². The fourth-order valence-corrected chi connectivity index (χ4v) is 5.76. The molecule has 0 unspecified atom stereocenters. The summed E-state index contributed by atoms with van der Waals surface area (Å²) in [4.78, 5) is 0. The van der Waals surface area contributed by atoms with Gasteiger partial charge in [-0.25, -0.2) is 13.1 Å². The molecule has 2 atom stereocenters. The van der Waals surface area contributed by atoms with Gasteiger partial charge in [-0.3, -0.25) is 0 Å². The van der Waals surface area contributed by atoms with E-state index in [-0.39, 0.29) is 16.7 Å². The second-order valence-corrected chi connectivity index (χ2v) is 10.1. The van der Waals surface area contributed by atoms with Gasteiger partial charge in [0.2, 0.25) is 10.0 Å². The molecule has 1 rings (SSSR count). The van der Waals surface area contributed by atoms with Crippen LogP contribution in [0.2, 0.25) is 0 Å². The van der Waals surface area contributed by atoms with Crippen molar-refractivity contribution in [1.29, 1.82) is 0 Å². The van der Waals surface area contributed by atoms with Gasteiger partial charge >= 0.3 is 0 Å². The molecule has 4 nitrogen and oxygen atoms in total. The van der Waals surface area contributed by atoms with E-state index in [1.54, 1.807) is 12.1 Å². The van der Waals surface area contributed by atoms with Crippen molar-refractivity contribution in [2.75, 3.05) is 6.61 Å². The first-order valence-electron chi connectivity index (χ1n) is 7.18. The largest absolute Gasteiger partial charge is 0.395 e. The summed E-state index contributed by atoms with van der Waals surface area (Å²) in [5.41, 5.74) is 0. The van der Waals surface area contributed by atoms with Crippen LogP contribution in [0.4, 0.5) is 0 Å². The molecule has 2 N–H and O–H groups in total. The molecule has 0 spiro atoms. The molecule has 7 heteroatoms. The van der Waals surface area contributed by atoms with E-state index in [0.29, 0.717) is 5.92 Å². The maximum atomic E-state index is 12.4. The van der Waals surface area contributed by atoms with E-state index < -0.39 is 16.1 Å². The lowest BCUT2D eigenvalue weighted by molar-refractivity contribution is 0.193. The predicted octanol–water partition coefficient (Wildman–Crippen LogP) is 3.61. The lowest BCUT2D eigenvalue weighted by Gasteiger charge is -2.27. The zero-order valence-corrected chi connectivity index (χ0v) is 15.9. The van der Waals surface area contributed by atoms with Gasteiger partial charge in [-0.15, -0.1) is 11.3 Å². The third kappa shape index (κ3) is 5.98. The Labute approximate surface area is 140 Å². The summed E-state index contributed by atoms with van der Waals surface area (Å²) in [5.74, 6) is 0.620. The maximum absolute atomic E-state index is 12.4. The van der Waals surface area contributed by atoms with Crippen LogP contribution in [0.1, 0.15) is 40.0 Å². The lowest BCUT2D eigenvalue weighted by atomic mass is 9.87. The molecule has 1 aromatic heterocycles. The minimum Gasteiger partial charge on any atom is -0.395 e. The zero-order chi connectivity index (χ0) is 16.0. The Morgan fingerprint density at radius 3 is 2.48 bits per heavy atom. The average molecular weight is 398 g/mol. The predicted molar refractivity (Wildman–Crippen MR) is 91.1 cm³/mol. The normalized spacial score (nSPS) is 15.3. The second-order valence-electron chi connectivity index (χ2n) is 5.65. The van der Waals surface area contributed by atoms with E-state index in [9.17, 15) is 13.5 Å². The average Bonchev–Trinajstić information content (AvgIpc) is 2.82. The van der Waals surface area contributed by atoms with Gasteiger partial charge in [-0.05, 0) is 52.7 Å². The number of rotatable bonds is 9. The third-order valence-corrected chi connectivity index (χ3v) is 6.92. The highest BCUT2D eigenvalue weighted by Crippen LogP contribution is 2.27. The molecule has 0 aromatic carbocycles. The second kappa shape index (κ2) is 8.62. The Bertz CT molecular complexity index is 528. The fraction of sp³-hybridized carbons (Fsp3) is 0.714. The number of sulfonamides is 1. The summed E-state index contributed by atoms with van der Waals surface area (Å²) < 4.78 is 28.5. The minimum atomic E-state index is -3.57. The standard InChI is InChI=1S/C14H24BrNO3S2/c1-4-5-11(8-10(2)3)12(9-17)16-21(18,19)14-7-6-13(15)20-14/h6-7,10-12,16-17H,4-5,8-9H2,1-3H3/t11-,12-/m1/s1. The Kier molecular flexibility index (Phi) is 7.84. The first kappa shape index (κ1) is 19.1. The summed E-state index contributed by atoms with van der Waals surface area (Å²) in [6.45, 7) is 6.12. The molecule has 122 valence electrons. The zero-order valence-electron chi connectivity index (χ0n) is 12.7. The van der Waals surface area contributed by atoms with Crippen molar-refractivity contribution in [1.82, 2.24) is 4.72 Å². The van der Waals surface area contributed by atoms with E-state index >= 15 is 0 Å². The maximum Gasteiger partial charge on any atom is 0.250 e. The highest BCUT2D eigenvalue weighted by molar-refractivity contribution is 9.11. The topological polar surface area (TPSA) is 66.4 Å². The van der Waals surface area contributed by atoms with Gasteiger partial charge in [0.15, 0.2) is 0 Å². The first-order chi connectivity index (χ1) is 9.80. The highest BCUT2D eigenvalue weighted by Gasteiger charge is 2.27. The monoisotopic (exact) mass is 397 g/mol. The molecule has 0 aliphatic heterocycles. The summed E-state index contributed by atoms with van der Waals surface area (Å²) in [6, 6.07) is 2.85. The molecule has 0 amide bonds. The van der Waals surface area contributed by atoms with Gasteiger partial charge in [-0.2, -0.15) is 0 Å². The molecular formula is C14H24BrNO3S2. The van der Waals surface area contributed by atoms with E-state index in [4.69, 9.17) is 0 Å². The molecule has 0 saturated carbocycles. The van der Waals surface area contributed by atoms with Crippen LogP contribution in [0, 0.1) is 11.8 Å². The smallest absolute Gasteiger partial charge is 0.250 e. The molecule has 0 fully saturated rings. The minimum absolute atomic E-state index is 0.151. The van der Waals surface area contributed by atoms with Crippen molar-refractivity contribution in [3.63, 3.8) is 0 Å². The third-order valence-electron chi connectivity index (χ3n) is 3.32. The fourth-order valence-electron chi connectivity index (χ4n) is 2.44. The number of aliphatic hydroxyl groups is 1. The Hall–Kier alpha value is 0.0500. The van der Waals surface area contributed by atoms with Crippen LogP contribution in [-0.4, -0.2) is 26.2 Å². The van der Waals surface area contributed by atoms with E-state index in [0.717, 1.165) is 23.0 Å². The van der Waals surface area contributed by atoms with Crippen LogP contribution in [0.3, 0.4) is 0 Å². The van der Waals surface area contributed by atoms with Gasteiger partial charge in [-0.1, -0.05) is 27.2 Å². The molecule has 1 heterocycles. The van der Waals surface area contributed by atoms with Crippen molar-refractivity contribution in [3.05, 3.63) is 15.9 Å². The number of thiophene rings is 1. The SMILES string of the molecule is CCC[C@H](CC(C)C)[C@@H](CO)NS(=O)(=O)c1ccc(Br)s1. The Morgan fingerprint density at radius 1 is 1.38 bits per heavy atom.